The number of aromatic nitrogens is 4. The summed E-state index contributed by atoms with van der Waals surface area (Å²) < 4.78 is 1.56. The van der Waals surface area contributed by atoms with Crippen molar-refractivity contribution >= 4 is 45.6 Å². The molecule has 3 aromatic heterocycles. The normalized spacial score (nSPS) is 11.0. The molecule has 0 atom stereocenters. The van der Waals surface area contributed by atoms with Gasteiger partial charge in [0.25, 0.3) is 5.56 Å². The maximum Gasteiger partial charge on any atom is 0.267 e. The molecule has 5 rings (SSSR count). The summed E-state index contributed by atoms with van der Waals surface area (Å²) in [7, 11) is 0. The number of pyridine rings is 1. The van der Waals surface area contributed by atoms with E-state index < -0.39 is 0 Å². The second-order valence-electron chi connectivity index (χ2n) is 7.86. The Kier molecular flexibility index (Phi) is 6.69. The predicted molar refractivity (Wildman–Crippen MR) is 140 cm³/mol. The zero-order valence-corrected chi connectivity index (χ0v) is 20.5. The number of thiazole rings is 1. The molecule has 0 aliphatic rings. The summed E-state index contributed by atoms with van der Waals surface area (Å²) in [6.45, 7) is 1.96. The smallest absolute Gasteiger partial charge is 0.267 e. The first kappa shape index (κ1) is 22.9. The van der Waals surface area contributed by atoms with Crippen molar-refractivity contribution in [1.82, 2.24) is 19.5 Å². The van der Waals surface area contributed by atoms with Crippen molar-refractivity contribution < 1.29 is 4.79 Å². The third-order valence-electron chi connectivity index (χ3n) is 5.19. The van der Waals surface area contributed by atoms with E-state index in [2.05, 4.69) is 15.3 Å². The van der Waals surface area contributed by atoms with Crippen molar-refractivity contribution in [1.29, 1.82) is 0 Å². The van der Waals surface area contributed by atoms with Gasteiger partial charge in [-0.15, -0.1) is 11.3 Å². The van der Waals surface area contributed by atoms with Crippen molar-refractivity contribution in [3.63, 3.8) is 0 Å². The maximum atomic E-state index is 13.4. The van der Waals surface area contributed by atoms with Crippen LogP contribution in [0.25, 0.3) is 16.7 Å². The summed E-state index contributed by atoms with van der Waals surface area (Å²) in [5.74, 6) is 0.931. The lowest BCUT2D eigenvalue weighted by Gasteiger charge is -2.12. The van der Waals surface area contributed by atoms with Gasteiger partial charge in [0.05, 0.1) is 23.0 Å². The third kappa shape index (κ3) is 5.31. The molecule has 0 fully saturated rings. The average molecular weight is 500 g/mol. The standard InChI is InChI=1S/C26H21N5O2S2/c1-17-11-12-27-22(13-17)31-25(33)20-9-5-6-10-21(20)30-26(31)35-16-19-15-34-24(29-19)14-23(32)28-18-7-3-2-4-8-18/h2-13,15H,14,16H2,1H3,(H,28,32). The molecule has 5 aromatic rings. The highest BCUT2D eigenvalue weighted by Crippen LogP contribution is 2.25. The summed E-state index contributed by atoms with van der Waals surface area (Å²) in [6.07, 6.45) is 1.89. The molecule has 9 heteroatoms. The number of carbonyl (C=O) groups excluding carboxylic acids is 1. The molecule has 35 heavy (non-hydrogen) atoms. The number of hydrogen-bond acceptors (Lipinski definition) is 7. The van der Waals surface area contributed by atoms with Crippen LogP contribution in [-0.2, 0) is 17.0 Å². The maximum absolute atomic E-state index is 13.4. The lowest BCUT2D eigenvalue weighted by atomic mass is 10.2. The van der Waals surface area contributed by atoms with E-state index in [-0.39, 0.29) is 17.9 Å². The minimum absolute atomic E-state index is 0.111. The fourth-order valence-corrected chi connectivity index (χ4v) is 5.34. The second-order valence-corrected chi connectivity index (χ2v) is 9.74. The van der Waals surface area contributed by atoms with E-state index in [9.17, 15) is 9.59 Å². The van der Waals surface area contributed by atoms with Crippen LogP contribution >= 0.6 is 23.1 Å². The van der Waals surface area contributed by atoms with E-state index in [0.717, 1.165) is 22.0 Å². The van der Waals surface area contributed by atoms with E-state index in [1.165, 1.54) is 23.1 Å². The van der Waals surface area contributed by atoms with Gasteiger partial charge in [0, 0.05) is 23.0 Å². The zero-order valence-electron chi connectivity index (χ0n) is 18.8. The molecule has 0 unspecified atom stereocenters. The molecule has 0 radical (unpaired) electrons. The SMILES string of the molecule is Cc1ccnc(-n2c(SCc3csc(CC(=O)Nc4ccccc4)n3)nc3ccccc3c2=O)c1. The summed E-state index contributed by atoms with van der Waals surface area (Å²) in [5.41, 5.74) is 3.07. The number of aryl methyl sites for hydroxylation is 1. The number of benzene rings is 2. The first-order valence-electron chi connectivity index (χ1n) is 10.9. The Hall–Kier alpha value is -3.82. The highest BCUT2D eigenvalue weighted by molar-refractivity contribution is 7.98. The Balaban J connectivity index is 1.37. The zero-order chi connectivity index (χ0) is 24.2. The highest BCUT2D eigenvalue weighted by atomic mass is 32.2. The number of hydrogen-bond donors (Lipinski definition) is 1. The Morgan fingerprint density at radius 3 is 2.69 bits per heavy atom. The molecule has 0 aliphatic carbocycles. The summed E-state index contributed by atoms with van der Waals surface area (Å²) in [5, 5.41) is 6.64. The van der Waals surface area contributed by atoms with Gasteiger partial charge in [0.2, 0.25) is 5.91 Å². The van der Waals surface area contributed by atoms with Crippen molar-refractivity contribution in [2.75, 3.05) is 5.32 Å². The third-order valence-corrected chi connectivity index (χ3v) is 7.06. The quantitative estimate of drug-likeness (QED) is 0.250. The van der Waals surface area contributed by atoms with E-state index in [4.69, 9.17) is 4.98 Å². The molecule has 1 amide bonds. The lowest BCUT2D eigenvalue weighted by Crippen LogP contribution is -2.22. The van der Waals surface area contributed by atoms with Gasteiger partial charge in [-0.2, -0.15) is 0 Å². The molecule has 0 aliphatic heterocycles. The number of fused-ring (bicyclic) bond motifs is 1. The van der Waals surface area contributed by atoms with Gasteiger partial charge in [0.15, 0.2) is 5.16 Å². The average Bonchev–Trinajstić information content (AvgIpc) is 3.30. The van der Waals surface area contributed by atoms with Crippen molar-refractivity contribution in [2.24, 2.45) is 0 Å². The Bertz CT molecular complexity index is 1560. The van der Waals surface area contributed by atoms with Crippen molar-refractivity contribution in [3.8, 4) is 5.82 Å². The number of amides is 1. The van der Waals surface area contributed by atoms with Crippen LogP contribution in [0.2, 0.25) is 0 Å². The number of thioether (sulfide) groups is 1. The van der Waals surface area contributed by atoms with Crippen LogP contribution in [0, 0.1) is 6.92 Å². The molecule has 2 aromatic carbocycles. The fraction of sp³-hybridized carbons (Fsp3) is 0.115. The first-order chi connectivity index (χ1) is 17.1. The summed E-state index contributed by atoms with van der Waals surface area (Å²) >= 11 is 2.87. The minimum atomic E-state index is -0.159. The van der Waals surface area contributed by atoms with Crippen LogP contribution in [0.4, 0.5) is 5.69 Å². The molecule has 0 saturated carbocycles. The second kappa shape index (κ2) is 10.2. The Labute approximate surface area is 209 Å². The van der Waals surface area contributed by atoms with E-state index in [1.54, 1.807) is 16.8 Å². The van der Waals surface area contributed by atoms with Gasteiger partial charge < -0.3 is 5.32 Å². The van der Waals surface area contributed by atoms with Crippen LogP contribution in [0.3, 0.4) is 0 Å². The molecule has 0 bridgehead atoms. The Morgan fingerprint density at radius 2 is 1.86 bits per heavy atom. The molecular formula is C26H21N5O2S2. The number of nitrogens with one attached hydrogen (secondary N) is 1. The van der Waals surface area contributed by atoms with Gasteiger partial charge in [-0.25, -0.2) is 19.5 Å². The Morgan fingerprint density at radius 1 is 1.06 bits per heavy atom. The molecular weight excluding hydrogens is 478 g/mol. The molecule has 3 heterocycles. The molecule has 7 nitrogen and oxygen atoms in total. The number of para-hydroxylation sites is 2. The summed E-state index contributed by atoms with van der Waals surface area (Å²) in [6, 6.07) is 20.4. The van der Waals surface area contributed by atoms with Gasteiger partial charge in [-0.3, -0.25) is 9.59 Å². The van der Waals surface area contributed by atoms with Crippen LogP contribution in [-0.4, -0.2) is 25.4 Å². The topological polar surface area (TPSA) is 89.8 Å². The fourth-order valence-electron chi connectivity index (χ4n) is 3.55. The number of anilines is 1. The number of rotatable bonds is 7. The molecule has 174 valence electrons. The van der Waals surface area contributed by atoms with Gasteiger partial charge in [-0.05, 0) is 48.9 Å². The predicted octanol–water partition coefficient (Wildman–Crippen LogP) is 5.02. The first-order valence-corrected chi connectivity index (χ1v) is 12.8. The van der Waals surface area contributed by atoms with Crippen molar-refractivity contribution in [3.05, 3.63) is 105 Å². The monoisotopic (exact) mass is 499 g/mol. The van der Waals surface area contributed by atoms with Crippen molar-refractivity contribution in [2.45, 2.75) is 24.3 Å². The largest absolute Gasteiger partial charge is 0.326 e. The number of carbonyl (C=O) groups is 1. The lowest BCUT2D eigenvalue weighted by molar-refractivity contribution is -0.115. The highest BCUT2D eigenvalue weighted by Gasteiger charge is 2.16. The van der Waals surface area contributed by atoms with E-state index in [1.807, 2.05) is 73.0 Å². The van der Waals surface area contributed by atoms with Crippen LogP contribution in [0.1, 0.15) is 16.3 Å². The van der Waals surface area contributed by atoms with Gasteiger partial charge in [-0.1, -0.05) is 42.1 Å². The molecule has 0 saturated heterocycles. The summed E-state index contributed by atoms with van der Waals surface area (Å²) in [4.78, 5) is 39.5. The molecule has 0 spiro atoms. The van der Waals surface area contributed by atoms with Crippen LogP contribution < -0.4 is 10.9 Å². The van der Waals surface area contributed by atoms with E-state index in [0.29, 0.717) is 27.6 Å². The molecule has 1 N–H and O–H groups in total. The van der Waals surface area contributed by atoms with Crippen LogP contribution in [0.5, 0.6) is 0 Å². The minimum Gasteiger partial charge on any atom is -0.326 e. The van der Waals surface area contributed by atoms with E-state index >= 15 is 0 Å². The van der Waals surface area contributed by atoms with Gasteiger partial charge in [0.1, 0.15) is 10.8 Å². The van der Waals surface area contributed by atoms with Crippen LogP contribution in [0.15, 0.2) is 88.3 Å². The number of nitrogens with zero attached hydrogens (tertiary/aromatic N) is 4. The van der Waals surface area contributed by atoms with Gasteiger partial charge >= 0.3 is 0 Å².